The van der Waals surface area contributed by atoms with Crippen LogP contribution in [0.1, 0.15) is 248 Å². The smallest absolute Gasteiger partial charge is 0.173 e. The maximum Gasteiger partial charge on any atom is 0.173 e. The van der Waals surface area contributed by atoms with Crippen LogP contribution in [0.2, 0.25) is 0 Å². The fourth-order valence-corrected chi connectivity index (χ4v) is 7.89. The molecule has 0 N–H and O–H groups in total. The van der Waals surface area contributed by atoms with E-state index in [1.54, 1.807) is 0 Å². The number of unbranched alkanes of at least 4 members (excludes halogenated alkanes) is 20. The second-order valence-electron chi connectivity index (χ2n) is 16.3. The fourth-order valence-electron chi connectivity index (χ4n) is 7.89. The minimum atomic E-state index is -0.578. The lowest BCUT2D eigenvalue weighted by molar-refractivity contribution is -0.289. The standard InChI is InChI=1S/C48H98O5/c1-9-17-19-21-23-25-27-29-31-33-35-37-47(50-39-11-3,51-40-12-4)45(15-7)43-49-44-46(16-8)48(52-41-13-5,53-42-14-6)38-36-34-32-30-28-26-24-22-20-18-10-2/h45-46H,9-44H2,1-8H3. The largest absolute Gasteiger partial charge is 0.380 e. The predicted molar refractivity (Wildman–Crippen MR) is 231 cm³/mol. The Morgan fingerprint density at radius 3 is 0.774 bits per heavy atom. The van der Waals surface area contributed by atoms with E-state index >= 15 is 0 Å². The van der Waals surface area contributed by atoms with E-state index in [-0.39, 0.29) is 11.8 Å². The Bertz CT molecular complexity index is 640. The Labute approximate surface area is 333 Å². The van der Waals surface area contributed by atoms with Crippen molar-refractivity contribution in [2.45, 2.75) is 260 Å². The van der Waals surface area contributed by atoms with Crippen LogP contribution in [0.15, 0.2) is 0 Å². The van der Waals surface area contributed by atoms with Gasteiger partial charge in [-0.3, -0.25) is 0 Å². The zero-order valence-electron chi connectivity index (χ0n) is 37.7. The molecular weight excluding hydrogens is 657 g/mol. The van der Waals surface area contributed by atoms with Crippen LogP contribution in [0.25, 0.3) is 0 Å². The molecule has 0 spiro atoms. The van der Waals surface area contributed by atoms with Gasteiger partial charge in [0, 0.05) is 51.1 Å². The third-order valence-corrected chi connectivity index (χ3v) is 11.3. The molecule has 2 atom stereocenters. The van der Waals surface area contributed by atoms with Crippen molar-refractivity contribution in [2.24, 2.45) is 11.8 Å². The lowest BCUT2D eigenvalue weighted by Crippen LogP contribution is -2.48. The van der Waals surface area contributed by atoms with Gasteiger partial charge >= 0.3 is 0 Å². The van der Waals surface area contributed by atoms with Crippen molar-refractivity contribution in [1.29, 1.82) is 0 Å². The minimum absolute atomic E-state index is 0.190. The summed E-state index contributed by atoms with van der Waals surface area (Å²) in [6.07, 6.45) is 37.4. The lowest BCUT2D eigenvalue weighted by Gasteiger charge is -2.42. The van der Waals surface area contributed by atoms with Crippen molar-refractivity contribution in [3.05, 3.63) is 0 Å². The maximum atomic E-state index is 6.77. The topological polar surface area (TPSA) is 46.2 Å². The van der Waals surface area contributed by atoms with Crippen LogP contribution >= 0.6 is 0 Å². The van der Waals surface area contributed by atoms with Crippen LogP contribution in [0.3, 0.4) is 0 Å². The van der Waals surface area contributed by atoms with Crippen LogP contribution < -0.4 is 0 Å². The molecular formula is C48H98O5. The number of rotatable bonds is 44. The van der Waals surface area contributed by atoms with E-state index in [1.165, 1.54) is 128 Å². The van der Waals surface area contributed by atoms with E-state index in [9.17, 15) is 0 Å². The summed E-state index contributed by atoms with van der Waals surface area (Å²) in [7, 11) is 0. The quantitative estimate of drug-likeness (QED) is 0.0458. The summed E-state index contributed by atoms with van der Waals surface area (Å²) in [4.78, 5) is 0. The van der Waals surface area contributed by atoms with Crippen LogP contribution in [-0.4, -0.2) is 51.2 Å². The summed E-state index contributed by atoms with van der Waals surface area (Å²) >= 11 is 0. The highest BCUT2D eigenvalue weighted by Crippen LogP contribution is 2.36. The molecule has 320 valence electrons. The van der Waals surface area contributed by atoms with Gasteiger partial charge in [0.1, 0.15) is 0 Å². The molecule has 0 rings (SSSR count). The first kappa shape index (κ1) is 52.8. The van der Waals surface area contributed by atoms with Gasteiger partial charge < -0.3 is 23.7 Å². The highest BCUT2D eigenvalue weighted by atomic mass is 16.7. The Balaban J connectivity index is 5.41. The molecule has 0 saturated carbocycles. The Morgan fingerprint density at radius 2 is 0.547 bits per heavy atom. The van der Waals surface area contributed by atoms with Crippen molar-refractivity contribution < 1.29 is 23.7 Å². The summed E-state index contributed by atoms with van der Waals surface area (Å²) in [5.41, 5.74) is 0. The van der Waals surface area contributed by atoms with Gasteiger partial charge in [0.15, 0.2) is 11.6 Å². The van der Waals surface area contributed by atoms with Gasteiger partial charge in [-0.2, -0.15) is 0 Å². The van der Waals surface area contributed by atoms with Crippen molar-refractivity contribution in [3.63, 3.8) is 0 Å². The predicted octanol–water partition coefficient (Wildman–Crippen LogP) is 15.6. The Morgan fingerprint density at radius 1 is 0.302 bits per heavy atom. The maximum absolute atomic E-state index is 6.77. The molecule has 0 heterocycles. The molecule has 2 unspecified atom stereocenters. The third kappa shape index (κ3) is 26.4. The van der Waals surface area contributed by atoms with Crippen molar-refractivity contribution >= 4 is 0 Å². The summed E-state index contributed by atoms with van der Waals surface area (Å²) in [6, 6.07) is 0. The monoisotopic (exact) mass is 755 g/mol. The summed E-state index contributed by atoms with van der Waals surface area (Å²) in [5.74, 6) is -0.775. The molecule has 0 aromatic heterocycles. The van der Waals surface area contributed by atoms with E-state index in [4.69, 9.17) is 23.7 Å². The molecule has 0 aliphatic heterocycles. The zero-order valence-corrected chi connectivity index (χ0v) is 37.7. The van der Waals surface area contributed by atoms with Gasteiger partial charge in [0.2, 0.25) is 0 Å². The first-order valence-electron chi connectivity index (χ1n) is 24.1. The molecule has 5 heteroatoms. The molecule has 0 radical (unpaired) electrons. The van der Waals surface area contributed by atoms with Crippen molar-refractivity contribution in [3.8, 4) is 0 Å². The first-order valence-corrected chi connectivity index (χ1v) is 24.1. The van der Waals surface area contributed by atoms with Gasteiger partial charge in [-0.1, -0.05) is 184 Å². The molecule has 0 bridgehead atoms. The van der Waals surface area contributed by atoms with Gasteiger partial charge in [0.05, 0.1) is 13.2 Å². The molecule has 0 saturated heterocycles. The van der Waals surface area contributed by atoms with Crippen LogP contribution in [0.4, 0.5) is 0 Å². The second kappa shape index (κ2) is 38.7. The minimum Gasteiger partial charge on any atom is -0.380 e. The molecule has 53 heavy (non-hydrogen) atoms. The summed E-state index contributed by atoms with van der Waals surface area (Å²) in [6.45, 7) is 22.2. The first-order chi connectivity index (χ1) is 26.0. The van der Waals surface area contributed by atoms with E-state index < -0.39 is 11.6 Å². The molecule has 0 aliphatic carbocycles. The van der Waals surface area contributed by atoms with Gasteiger partial charge in [0.25, 0.3) is 0 Å². The fraction of sp³-hybridized carbons (Fsp3) is 1.00. The van der Waals surface area contributed by atoms with Gasteiger partial charge in [-0.25, -0.2) is 0 Å². The van der Waals surface area contributed by atoms with Crippen LogP contribution in [0.5, 0.6) is 0 Å². The van der Waals surface area contributed by atoms with E-state index in [1.807, 2.05) is 0 Å². The summed E-state index contributed by atoms with van der Waals surface area (Å²) < 4.78 is 33.8. The summed E-state index contributed by atoms with van der Waals surface area (Å²) in [5, 5.41) is 0. The Hall–Kier alpha value is -0.200. The molecule has 0 aromatic carbocycles. The van der Waals surface area contributed by atoms with Gasteiger partial charge in [-0.05, 0) is 51.4 Å². The van der Waals surface area contributed by atoms with Crippen molar-refractivity contribution in [2.75, 3.05) is 39.6 Å². The molecule has 0 fully saturated rings. The van der Waals surface area contributed by atoms with Gasteiger partial charge in [-0.15, -0.1) is 0 Å². The highest BCUT2D eigenvalue weighted by molar-refractivity contribution is 4.83. The lowest BCUT2D eigenvalue weighted by atomic mass is 9.89. The molecule has 0 amide bonds. The average Bonchev–Trinajstić information content (AvgIpc) is 3.18. The normalized spacial score (nSPS) is 13.6. The Kier molecular flexibility index (Phi) is 38.5. The molecule has 5 nitrogen and oxygen atoms in total. The second-order valence-corrected chi connectivity index (χ2v) is 16.3. The number of ether oxygens (including phenoxy) is 5. The van der Waals surface area contributed by atoms with Crippen LogP contribution in [-0.2, 0) is 23.7 Å². The SMILES string of the molecule is CCCCCCCCCCCCCC(OCCC)(OCCC)C(CC)COCC(CC)C(CCCCCCCCCCCCC)(OCCC)OCCC. The zero-order chi connectivity index (χ0) is 39.1. The van der Waals surface area contributed by atoms with E-state index in [2.05, 4.69) is 55.4 Å². The van der Waals surface area contributed by atoms with Crippen LogP contribution in [0, 0.1) is 11.8 Å². The van der Waals surface area contributed by atoms with E-state index in [0.29, 0.717) is 13.2 Å². The third-order valence-electron chi connectivity index (χ3n) is 11.3. The average molecular weight is 755 g/mol. The van der Waals surface area contributed by atoms with Crippen molar-refractivity contribution in [1.82, 2.24) is 0 Å². The molecule has 0 aromatic rings. The highest BCUT2D eigenvalue weighted by Gasteiger charge is 2.42. The van der Waals surface area contributed by atoms with E-state index in [0.717, 1.165) is 90.6 Å². The molecule has 0 aliphatic rings. The number of hydrogen-bond donors (Lipinski definition) is 0. The number of hydrogen-bond acceptors (Lipinski definition) is 5.